The van der Waals surface area contributed by atoms with E-state index in [-0.39, 0.29) is 12.5 Å². The Hall–Kier alpha value is -2.17. The van der Waals surface area contributed by atoms with Crippen LogP contribution in [-0.2, 0) is 6.42 Å². The molecule has 0 heterocycles. The summed E-state index contributed by atoms with van der Waals surface area (Å²) in [6.45, 7) is 1.88. The summed E-state index contributed by atoms with van der Waals surface area (Å²) >= 11 is 0. The number of hydrogen-bond donors (Lipinski definition) is 3. The number of carbonyl (C=O) groups is 1. The molecule has 3 N–H and O–H groups in total. The van der Waals surface area contributed by atoms with Gasteiger partial charge in [-0.25, -0.2) is 0 Å². The van der Waals surface area contributed by atoms with Crippen LogP contribution in [0.15, 0.2) is 54.6 Å². The molecule has 146 valence electrons. The van der Waals surface area contributed by atoms with Crippen LogP contribution in [0.1, 0.15) is 66.6 Å². The summed E-state index contributed by atoms with van der Waals surface area (Å²) in [5.74, 6) is -0.293. The van der Waals surface area contributed by atoms with Gasteiger partial charge in [-0.2, -0.15) is 0 Å². The van der Waals surface area contributed by atoms with E-state index in [4.69, 9.17) is 0 Å². The van der Waals surface area contributed by atoms with Crippen LogP contribution in [-0.4, -0.2) is 28.8 Å². The van der Waals surface area contributed by atoms with E-state index in [1.807, 2.05) is 30.3 Å². The van der Waals surface area contributed by atoms with Gasteiger partial charge in [0.05, 0.1) is 12.6 Å². The minimum atomic E-state index is -0.956. The number of rotatable bonds is 11. The van der Waals surface area contributed by atoms with Gasteiger partial charge in [0, 0.05) is 5.56 Å². The van der Waals surface area contributed by atoms with Crippen molar-refractivity contribution in [2.45, 2.75) is 57.6 Å². The molecule has 0 aromatic heterocycles. The van der Waals surface area contributed by atoms with Gasteiger partial charge in [-0.3, -0.25) is 4.79 Å². The van der Waals surface area contributed by atoms with E-state index >= 15 is 0 Å². The fourth-order valence-corrected chi connectivity index (χ4v) is 3.11. The van der Waals surface area contributed by atoms with Crippen molar-refractivity contribution in [1.29, 1.82) is 0 Å². The molecular weight excluding hydrogens is 338 g/mol. The Morgan fingerprint density at radius 1 is 0.963 bits per heavy atom. The van der Waals surface area contributed by atoms with Crippen molar-refractivity contribution in [3.63, 3.8) is 0 Å². The molecule has 2 rings (SSSR count). The molecule has 0 aliphatic carbocycles. The van der Waals surface area contributed by atoms with Gasteiger partial charge < -0.3 is 15.5 Å². The number of nitrogens with one attached hydrogen (secondary N) is 1. The van der Waals surface area contributed by atoms with Crippen LogP contribution >= 0.6 is 0 Å². The van der Waals surface area contributed by atoms with Crippen molar-refractivity contribution in [2.24, 2.45) is 0 Å². The minimum absolute atomic E-state index is 0.293. The van der Waals surface area contributed by atoms with Crippen molar-refractivity contribution in [3.05, 3.63) is 71.3 Å². The molecule has 2 aromatic carbocycles. The molecule has 1 unspecified atom stereocenters. The fraction of sp³-hybridized carbons (Fsp3) is 0.435. The lowest BCUT2D eigenvalue weighted by atomic mass is 10.0. The summed E-state index contributed by atoms with van der Waals surface area (Å²) in [5, 5.41) is 22.7. The maximum atomic E-state index is 12.5. The maximum Gasteiger partial charge on any atom is 0.251 e. The van der Waals surface area contributed by atoms with E-state index < -0.39 is 12.1 Å². The summed E-state index contributed by atoms with van der Waals surface area (Å²) in [4.78, 5) is 12.5. The monoisotopic (exact) mass is 369 g/mol. The highest BCUT2D eigenvalue weighted by molar-refractivity contribution is 5.94. The second-order valence-electron chi connectivity index (χ2n) is 6.98. The van der Waals surface area contributed by atoms with Gasteiger partial charge >= 0.3 is 0 Å². The molecule has 0 bridgehead atoms. The van der Waals surface area contributed by atoms with Gasteiger partial charge in [0.15, 0.2) is 0 Å². The molecule has 4 nitrogen and oxygen atoms in total. The largest absolute Gasteiger partial charge is 0.394 e. The third-order valence-electron chi connectivity index (χ3n) is 4.82. The summed E-state index contributed by atoms with van der Waals surface area (Å²) < 4.78 is 0. The average Bonchev–Trinajstić information content (AvgIpc) is 2.72. The van der Waals surface area contributed by atoms with E-state index in [0.717, 1.165) is 6.42 Å². The van der Waals surface area contributed by atoms with Crippen LogP contribution < -0.4 is 5.32 Å². The van der Waals surface area contributed by atoms with E-state index in [1.165, 1.54) is 37.7 Å². The van der Waals surface area contributed by atoms with Gasteiger partial charge in [0.2, 0.25) is 0 Å². The zero-order chi connectivity index (χ0) is 19.5. The summed E-state index contributed by atoms with van der Waals surface area (Å²) in [6, 6.07) is 15.9. The predicted octanol–water partition coefficient (Wildman–Crippen LogP) is 4.02. The maximum absolute atomic E-state index is 12.5. The Balaban J connectivity index is 1.88. The molecule has 1 amide bonds. The minimum Gasteiger partial charge on any atom is -0.394 e. The van der Waals surface area contributed by atoms with Crippen molar-refractivity contribution in [2.75, 3.05) is 6.61 Å². The Kier molecular flexibility index (Phi) is 9.02. The summed E-state index contributed by atoms with van der Waals surface area (Å²) in [7, 11) is 0. The third kappa shape index (κ3) is 6.81. The molecule has 0 saturated heterocycles. The summed E-state index contributed by atoms with van der Waals surface area (Å²) in [6.07, 6.45) is 6.30. The van der Waals surface area contributed by atoms with Crippen LogP contribution in [0.2, 0.25) is 0 Å². The Bertz CT molecular complexity index is 670. The number of unbranched alkanes of at least 4 members (excludes halogenated alkanes) is 4. The van der Waals surface area contributed by atoms with Crippen molar-refractivity contribution in [1.82, 2.24) is 5.32 Å². The number of aryl methyl sites for hydroxylation is 1. The molecule has 27 heavy (non-hydrogen) atoms. The Labute approximate surface area is 162 Å². The van der Waals surface area contributed by atoms with Crippen molar-refractivity contribution < 1.29 is 15.0 Å². The first kappa shape index (κ1) is 21.1. The Morgan fingerprint density at radius 3 is 2.26 bits per heavy atom. The molecule has 0 fully saturated rings. The van der Waals surface area contributed by atoms with Crippen LogP contribution in [0.3, 0.4) is 0 Å². The van der Waals surface area contributed by atoms with Gasteiger partial charge in [0.25, 0.3) is 5.91 Å². The highest BCUT2D eigenvalue weighted by Gasteiger charge is 2.22. The van der Waals surface area contributed by atoms with Gasteiger partial charge in [0.1, 0.15) is 6.10 Å². The first-order chi connectivity index (χ1) is 13.2. The molecule has 0 aliphatic heterocycles. The second kappa shape index (κ2) is 11.5. The SMILES string of the molecule is CCCCCCCc1ccc(C(=O)N[C@@H](CO)C(O)c2ccccc2)cc1. The molecular formula is C23H31NO3. The molecule has 0 saturated carbocycles. The highest BCUT2D eigenvalue weighted by atomic mass is 16.3. The smallest absolute Gasteiger partial charge is 0.251 e. The number of hydrogen-bond acceptors (Lipinski definition) is 3. The molecule has 0 spiro atoms. The second-order valence-corrected chi connectivity index (χ2v) is 6.98. The highest BCUT2D eigenvalue weighted by Crippen LogP contribution is 2.17. The summed E-state index contributed by atoms with van der Waals surface area (Å²) in [5.41, 5.74) is 2.42. The number of aliphatic hydroxyl groups excluding tert-OH is 2. The fourth-order valence-electron chi connectivity index (χ4n) is 3.11. The van der Waals surface area contributed by atoms with Crippen LogP contribution in [0.5, 0.6) is 0 Å². The van der Waals surface area contributed by atoms with Crippen LogP contribution in [0.4, 0.5) is 0 Å². The van der Waals surface area contributed by atoms with Gasteiger partial charge in [-0.1, -0.05) is 75.1 Å². The lowest BCUT2D eigenvalue weighted by molar-refractivity contribution is 0.0703. The normalized spacial score (nSPS) is 13.1. The molecule has 0 aliphatic rings. The first-order valence-corrected chi connectivity index (χ1v) is 9.89. The van der Waals surface area contributed by atoms with Gasteiger partial charge in [-0.05, 0) is 36.1 Å². The van der Waals surface area contributed by atoms with Gasteiger partial charge in [-0.15, -0.1) is 0 Å². The molecule has 4 heteroatoms. The standard InChI is InChI=1S/C23H31NO3/c1-2-3-4-5-7-10-18-13-15-20(16-14-18)23(27)24-21(17-25)22(26)19-11-8-6-9-12-19/h6,8-9,11-16,21-22,25-26H,2-5,7,10,17H2,1H3,(H,24,27)/t21-,22?/m0/s1. The zero-order valence-corrected chi connectivity index (χ0v) is 16.1. The van der Waals surface area contributed by atoms with E-state index in [2.05, 4.69) is 12.2 Å². The van der Waals surface area contributed by atoms with Crippen LogP contribution in [0, 0.1) is 0 Å². The number of amides is 1. The predicted molar refractivity (Wildman–Crippen MR) is 109 cm³/mol. The van der Waals surface area contributed by atoms with Crippen molar-refractivity contribution in [3.8, 4) is 0 Å². The number of carbonyl (C=O) groups excluding carboxylic acids is 1. The number of benzene rings is 2. The molecule has 0 radical (unpaired) electrons. The van der Waals surface area contributed by atoms with E-state index in [9.17, 15) is 15.0 Å². The lowest BCUT2D eigenvalue weighted by Crippen LogP contribution is -2.41. The van der Waals surface area contributed by atoms with E-state index in [0.29, 0.717) is 11.1 Å². The van der Waals surface area contributed by atoms with Crippen LogP contribution in [0.25, 0.3) is 0 Å². The third-order valence-corrected chi connectivity index (χ3v) is 4.82. The average molecular weight is 370 g/mol. The first-order valence-electron chi connectivity index (χ1n) is 9.89. The Morgan fingerprint density at radius 2 is 1.63 bits per heavy atom. The molecule has 2 atom stereocenters. The van der Waals surface area contributed by atoms with E-state index in [1.54, 1.807) is 24.3 Å². The topological polar surface area (TPSA) is 69.6 Å². The quantitative estimate of drug-likeness (QED) is 0.524. The lowest BCUT2D eigenvalue weighted by Gasteiger charge is -2.22. The zero-order valence-electron chi connectivity index (χ0n) is 16.1. The van der Waals surface area contributed by atoms with Crippen molar-refractivity contribution >= 4 is 5.91 Å². The number of aliphatic hydroxyl groups is 2. The molecule has 2 aromatic rings.